The monoisotopic (exact) mass is 348 g/mol. The Morgan fingerprint density at radius 1 is 1.16 bits per heavy atom. The Morgan fingerprint density at radius 3 is 2.72 bits per heavy atom. The van der Waals surface area contributed by atoms with E-state index in [0.717, 1.165) is 43.9 Å². The molecule has 0 aromatic carbocycles. The number of rotatable bonds is 3. The summed E-state index contributed by atoms with van der Waals surface area (Å²) in [4.78, 5) is 10.8. The number of carbonyl (C=O) groups is 1. The summed E-state index contributed by atoms with van der Waals surface area (Å²) >= 11 is 0. The van der Waals surface area contributed by atoms with Crippen molar-refractivity contribution in [2.24, 2.45) is 28.6 Å². The van der Waals surface area contributed by atoms with E-state index in [9.17, 15) is 9.90 Å². The molecule has 0 radical (unpaired) electrons. The summed E-state index contributed by atoms with van der Waals surface area (Å²) in [6.45, 7) is 4.57. The van der Waals surface area contributed by atoms with E-state index in [4.69, 9.17) is 9.84 Å². The molecule has 4 nitrogen and oxygen atoms in total. The molecule has 4 rings (SSSR count). The van der Waals surface area contributed by atoms with E-state index >= 15 is 0 Å². The van der Waals surface area contributed by atoms with Crippen molar-refractivity contribution < 1.29 is 19.7 Å². The van der Waals surface area contributed by atoms with Crippen LogP contribution in [0.1, 0.15) is 65.2 Å². The third-order valence-electron chi connectivity index (χ3n) is 8.44. The number of carboxylic acids is 1. The van der Waals surface area contributed by atoms with Crippen LogP contribution in [-0.4, -0.2) is 35.0 Å². The second-order valence-electron chi connectivity index (χ2n) is 9.44. The van der Waals surface area contributed by atoms with Gasteiger partial charge < -0.3 is 14.9 Å². The van der Waals surface area contributed by atoms with Crippen LogP contribution < -0.4 is 0 Å². The van der Waals surface area contributed by atoms with Gasteiger partial charge in [-0.05, 0) is 80.0 Å². The largest absolute Gasteiger partial charge is 0.480 e. The second-order valence-corrected chi connectivity index (χ2v) is 9.44. The molecular formula is C21H32O4. The lowest BCUT2D eigenvalue weighted by Crippen LogP contribution is -2.51. The molecule has 0 amide bonds. The number of fused-ring (bicyclic) bond motifs is 5. The zero-order valence-electron chi connectivity index (χ0n) is 15.5. The summed E-state index contributed by atoms with van der Waals surface area (Å²) in [7, 11) is 0. The van der Waals surface area contributed by atoms with Crippen molar-refractivity contribution in [1.29, 1.82) is 0 Å². The highest BCUT2D eigenvalue weighted by molar-refractivity contribution is 5.68. The smallest absolute Gasteiger partial charge is 0.329 e. The first kappa shape index (κ1) is 17.5. The molecule has 25 heavy (non-hydrogen) atoms. The Kier molecular flexibility index (Phi) is 4.27. The molecular weight excluding hydrogens is 316 g/mol. The number of carboxylic acid groups (broad SMARTS) is 1. The number of aliphatic carboxylic acids is 1. The van der Waals surface area contributed by atoms with Crippen LogP contribution >= 0.6 is 0 Å². The van der Waals surface area contributed by atoms with Crippen LogP contribution in [-0.2, 0) is 9.53 Å². The van der Waals surface area contributed by atoms with E-state index in [1.165, 1.54) is 24.8 Å². The van der Waals surface area contributed by atoms with Gasteiger partial charge in [-0.25, -0.2) is 4.79 Å². The number of aliphatic hydroxyl groups excluding tert-OH is 1. The topological polar surface area (TPSA) is 66.8 Å². The highest BCUT2D eigenvalue weighted by Crippen LogP contribution is 2.65. The average molecular weight is 348 g/mol. The van der Waals surface area contributed by atoms with Gasteiger partial charge in [0, 0.05) is 0 Å². The molecule has 2 N–H and O–H groups in total. The predicted octanol–water partition coefficient (Wildman–Crippen LogP) is 3.78. The van der Waals surface area contributed by atoms with E-state index in [1.807, 2.05) is 0 Å². The molecule has 4 aliphatic carbocycles. The molecule has 140 valence electrons. The van der Waals surface area contributed by atoms with Gasteiger partial charge in [-0.1, -0.05) is 25.5 Å². The first-order valence-electron chi connectivity index (χ1n) is 10.1. The normalized spacial score (nSPS) is 48.9. The van der Waals surface area contributed by atoms with Crippen LogP contribution in [0.5, 0.6) is 0 Å². The average Bonchev–Trinajstić information content (AvgIpc) is 2.88. The van der Waals surface area contributed by atoms with Crippen molar-refractivity contribution >= 4 is 5.97 Å². The SMILES string of the molecule is C[C@]12CC[C@H]3[C@@H](CCC4=C[C@@H](OCC(=O)O)CC[C@@]43C)[C@@H]1CC[C@@H]2O. The zero-order valence-corrected chi connectivity index (χ0v) is 15.5. The van der Waals surface area contributed by atoms with E-state index in [2.05, 4.69) is 19.9 Å². The van der Waals surface area contributed by atoms with E-state index < -0.39 is 5.97 Å². The molecule has 0 aromatic heterocycles. The first-order chi connectivity index (χ1) is 11.8. The lowest BCUT2D eigenvalue weighted by atomic mass is 9.47. The Morgan fingerprint density at radius 2 is 1.96 bits per heavy atom. The summed E-state index contributed by atoms with van der Waals surface area (Å²) in [5, 5.41) is 19.4. The van der Waals surface area contributed by atoms with Gasteiger partial charge in [-0.3, -0.25) is 0 Å². The van der Waals surface area contributed by atoms with E-state index in [-0.39, 0.29) is 29.6 Å². The van der Waals surface area contributed by atoms with Crippen LogP contribution in [0.2, 0.25) is 0 Å². The van der Waals surface area contributed by atoms with E-state index in [0.29, 0.717) is 5.92 Å². The molecule has 0 unspecified atom stereocenters. The van der Waals surface area contributed by atoms with Gasteiger partial charge in [0.15, 0.2) is 0 Å². The molecule has 0 bridgehead atoms. The number of hydrogen-bond donors (Lipinski definition) is 2. The molecule has 4 aliphatic rings. The summed E-state index contributed by atoms with van der Waals surface area (Å²) in [5.41, 5.74) is 1.90. The maximum Gasteiger partial charge on any atom is 0.329 e. The van der Waals surface area contributed by atoms with Crippen molar-refractivity contribution in [2.45, 2.75) is 77.4 Å². The maximum absolute atomic E-state index is 10.8. The highest BCUT2D eigenvalue weighted by atomic mass is 16.5. The fourth-order valence-corrected chi connectivity index (χ4v) is 6.98. The predicted molar refractivity (Wildman–Crippen MR) is 95.1 cm³/mol. The zero-order chi connectivity index (χ0) is 17.8. The molecule has 3 fully saturated rings. The Labute approximate surface area is 150 Å². The van der Waals surface area contributed by atoms with Crippen LogP contribution in [0, 0.1) is 28.6 Å². The van der Waals surface area contributed by atoms with Crippen molar-refractivity contribution in [2.75, 3.05) is 6.61 Å². The fraction of sp³-hybridized carbons (Fsp3) is 0.857. The Hall–Kier alpha value is -0.870. The number of aliphatic hydroxyl groups is 1. The Bertz CT molecular complexity index is 584. The number of allylic oxidation sites excluding steroid dienone is 1. The third kappa shape index (κ3) is 2.68. The molecule has 0 saturated heterocycles. The van der Waals surface area contributed by atoms with Gasteiger partial charge in [0.05, 0.1) is 12.2 Å². The molecule has 4 heteroatoms. The van der Waals surface area contributed by atoms with Crippen LogP contribution in [0.4, 0.5) is 0 Å². The summed E-state index contributed by atoms with van der Waals surface area (Å²) < 4.78 is 5.56. The van der Waals surface area contributed by atoms with Gasteiger partial charge in [0.25, 0.3) is 0 Å². The molecule has 0 aromatic rings. The highest BCUT2D eigenvalue weighted by Gasteiger charge is 2.58. The van der Waals surface area contributed by atoms with Crippen LogP contribution in [0.3, 0.4) is 0 Å². The lowest BCUT2D eigenvalue weighted by Gasteiger charge is -2.58. The van der Waals surface area contributed by atoms with Gasteiger partial charge in [-0.2, -0.15) is 0 Å². The van der Waals surface area contributed by atoms with Crippen LogP contribution in [0.15, 0.2) is 11.6 Å². The fourth-order valence-electron chi connectivity index (χ4n) is 6.98. The van der Waals surface area contributed by atoms with Crippen molar-refractivity contribution in [3.63, 3.8) is 0 Å². The van der Waals surface area contributed by atoms with Crippen molar-refractivity contribution in [3.05, 3.63) is 11.6 Å². The van der Waals surface area contributed by atoms with Crippen molar-refractivity contribution in [3.8, 4) is 0 Å². The molecule has 0 heterocycles. The minimum absolute atomic E-state index is 0.0297. The maximum atomic E-state index is 10.8. The van der Waals surface area contributed by atoms with Gasteiger partial charge in [0.1, 0.15) is 6.61 Å². The first-order valence-corrected chi connectivity index (χ1v) is 10.1. The summed E-state index contributed by atoms with van der Waals surface area (Å²) in [6, 6.07) is 0. The standard InChI is InChI=1S/C21H32O4/c1-20-9-7-14(25-12-19(23)24)11-13(20)3-4-15-16-5-6-18(22)21(16,2)10-8-17(15)20/h11,14-18,22H,3-10,12H2,1-2H3,(H,23,24)/t14-,15-,16-,17-,18-,20-,21-/m0/s1. The van der Waals surface area contributed by atoms with Crippen LogP contribution in [0.25, 0.3) is 0 Å². The molecule has 7 atom stereocenters. The number of hydrogen-bond acceptors (Lipinski definition) is 3. The van der Waals surface area contributed by atoms with Gasteiger partial charge >= 0.3 is 5.97 Å². The second kappa shape index (κ2) is 6.09. The molecule has 0 aliphatic heterocycles. The van der Waals surface area contributed by atoms with Gasteiger partial charge in [-0.15, -0.1) is 0 Å². The van der Waals surface area contributed by atoms with E-state index in [1.54, 1.807) is 0 Å². The quantitative estimate of drug-likeness (QED) is 0.762. The summed E-state index contributed by atoms with van der Waals surface area (Å²) in [5.74, 6) is 1.26. The third-order valence-corrected chi connectivity index (χ3v) is 8.44. The molecule has 0 spiro atoms. The molecule has 3 saturated carbocycles. The van der Waals surface area contributed by atoms with Gasteiger partial charge in [0.2, 0.25) is 0 Å². The van der Waals surface area contributed by atoms with Crippen molar-refractivity contribution in [1.82, 2.24) is 0 Å². The summed E-state index contributed by atoms with van der Waals surface area (Å²) in [6.07, 6.45) is 11.1. The Balaban J connectivity index is 1.55. The number of ether oxygens (including phenoxy) is 1. The lowest BCUT2D eigenvalue weighted by molar-refractivity contribution is -0.144. The minimum atomic E-state index is -0.887. The minimum Gasteiger partial charge on any atom is -0.480 e.